The van der Waals surface area contributed by atoms with E-state index in [4.69, 9.17) is 0 Å². The Bertz CT molecular complexity index is 987. The summed E-state index contributed by atoms with van der Waals surface area (Å²) >= 11 is 1.02. The first-order valence-electron chi connectivity index (χ1n) is 7.24. The zero-order chi connectivity index (χ0) is 18.2. The Kier molecular flexibility index (Phi) is 4.84. The van der Waals surface area contributed by atoms with Crippen LogP contribution in [0.5, 0.6) is 0 Å². The van der Waals surface area contributed by atoms with Crippen molar-refractivity contribution in [3.63, 3.8) is 0 Å². The molecule has 1 fully saturated rings. The molecule has 1 saturated heterocycles. The van der Waals surface area contributed by atoms with Crippen molar-refractivity contribution in [3.8, 4) is 0 Å². The van der Waals surface area contributed by atoms with Gasteiger partial charge in [0.15, 0.2) is 15.0 Å². The monoisotopic (exact) mass is 406 g/mol. The highest BCUT2D eigenvalue weighted by Crippen LogP contribution is 2.26. The van der Waals surface area contributed by atoms with Gasteiger partial charge in [-0.05, 0) is 11.6 Å². The number of hydrogen-bond acceptors (Lipinski definition) is 7. The lowest BCUT2D eigenvalue weighted by atomic mass is 10.1. The number of halogens is 1. The molecule has 0 amide bonds. The summed E-state index contributed by atoms with van der Waals surface area (Å²) in [5.41, 5.74) is 0.456. The van der Waals surface area contributed by atoms with Gasteiger partial charge in [-0.2, -0.15) is 0 Å². The highest BCUT2D eigenvalue weighted by Gasteiger charge is 2.44. The predicted molar refractivity (Wildman–Crippen MR) is 92.3 cm³/mol. The number of sulfonamides is 1. The molecule has 0 spiro atoms. The average Bonchev–Trinajstić information content (AvgIpc) is 3.04. The number of sulfone groups is 1. The normalized spacial score (nSPS) is 22.8. The maximum Gasteiger partial charge on any atom is 0.240 e. The van der Waals surface area contributed by atoms with Crippen molar-refractivity contribution in [1.82, 2.24) is 4.98 Å². The zero-order valence-electron chi connectivity index (χ0n) is 12.8. The third-order valence-corrected chi connectivity index (χ3v) is 8.50. The number of nitrogens with one attached hydrogen (secondary N) is 1. The van der Waals surface area contributed by atoms with E-state index in [1.807, 2.05) is 0 Å². The van der Waals surface area contributed by atoms with Gasteiger partial charge in [0.05, 0.1) is 17.6 Å². The smallest absolute Gasteiger partial charge is 0.240 e. The van der Waals surface area contributed by atoms with Crippen molar-refractivity contribution in [1.29, 1.82) is 0 Å². The Morgan fingerprint density at radius 1 is 1.32 bits per heavy atom. The van der Waals surface area contributed by atoms with Crippen molar-refractivity contribution in [2.75, 3.05) is 16.2 Å². The number of aromatic nitrogens is 1. The molecule has 0 bridgehead atoms. The van der Waals surface area contributed by atoms with Crippen molar-refractivity contribution in [2.45, 2.75) is 17.8 Å². The van der Waals surface area contributed by atoms with Gasteiger partial charge >= 0.3 is 0 Å². The molecule has 7 nitrogen and oxygen atoms in total. The molecule has 2 N–H and O–H groups in total. The molecule has 2 heterocycles. The number of hydrogen-bond donors (Lipinski definition) is 2. The summed E-state index contributed by atoms with van der Waals surface area (Å²) in [6.07, 6.45) is 0.212. The topological polar surface area (TPSA) is 113 Å². The minimum atomic E-state index is -4.11. The summed E-state index contributed by atoms with van der Waals surface area (Å²) in [5, 5.41) is 8.32. The summed E-state index contributed by atoms with van der Waals surface area (Å²) in [6, 6.07) is 6.23. The van der Waals surface area contributed by atoms with E-state index >= 15 is 0 Å². The van der Waals surface area contributed by atoms with Crippen LogP contribution in [0.2, 0.25) is 0 Å². The largest absolute Gasteiger partial charge is 0.391 e. The van der Waals surface area contributed by atoms with Gasteiger partial charge in [-0.3, -0.25) is 4.72 Å². The number of benzene rings is 1. The Balaban J connectivity index is 1.74. The van der Waals surface area contributed by atoms with Gasteiger partial charge < -0.3 is 5.11 Å². The van der Waals surface area contributed by atoms with Crippen LogP contribution in [-0.4, -0.2) is 49.8 Å². The third kappa shape index (κ3) is 4.17. The molecule has 3 rings (SSSR count). The molecule has 2 atom stereocenters. The van der Waals surface area contributed by atoms with Crippen LogP contribution in [0.15, 0.2) is 30.5 Å². The maximum atomic E-state index is 13.7. The second kappa shape index (κ2) is 6.63. The molecule has 136 valence electrons. The maximum absolute atomic E-state index is 13.7. The van der Waals surface area contributed by atoms with E-state index in [0.717, 1.165) is 11.3 Å². The van der Waals surface area contributed by atoms with Gasteiger partial charge in [-0.1, -0.05) is 18.2 Å². The molecular formula is C14H15FN2O5S3. The van der Waals surface area contributed by atoms with Crippen LogP contribution in [0.3, 0.4) is 0 Å². The van der Waals surface area contributed by atoms with Gasteiger partial charge in [0, 0.05) is 17.5 Å². The molecule has 0 aliphatic carbocycles. The molecule has 0 saturated carbocycles. The Hall–Kier alpha value is -1.56. The van der Waals surface area contributed by atoms with Gasteiger partial charge in [-0.25, -0.2) is 26.2 Å². The zero-order valence-corrected chi connectivity index (χ0v) is 15.2. The molecule has 0 radical (unpaired) electrons. The predicted octanol–water partition coefficient (Wildman–Crippen LogP) is 0.773. The number of anilines is 1. The van der Waals surface area contributed by atoms with Crippen molar-refractivity contribution < 1.29 is 26.3 Å². The molecule has 25 heavy (non-hydrogen) atoms. The van der Waals surface area contributed by atoms with E-state index in [1.54, 1.807) is 18.2 Å². The fraction of sp³-hybridized carbons (Fsp3) is 0.357. The third-order valence-electron chi connectivity index (χ3n) is 3.78. The molecule has 11 heteroatoms. The van der Waals surface area contributed by atoms with E-state index in [1.165, 1.54) is 12.3 Å². The minimum Gasteiger partial charge on any atom is -0.391 e. The second-order valence-corrected chi connectivity index (χ2v) is 10.9. The van der Waals surface area contributed by atoms with E-state index < -0.39 is 42.7 Å². The summed E-state index contributed by atoms with van der Waals surface area (Å²) in [4.78, 5) is 4.58. The fourth-order valence-corrected chi connectivity index (χ4v) is 7.79. The van der Waals surface area contributed by atoms with Crippen LogP contribution in [0.1, 0.15) is 10.4 Å². The number of nitrogens with zero attached hydrogens (tertiary/aromatic N) is 1. The van der Waals surface area contributed by atoms with E-state index in [0.29, 0.717) is 10.4 Å². The number of thiazole rings is 1. The fourth-order valence-electron chi connectivity index (χ4n) is 2.56. The van der Waals surface area contributed by atoms with Crippen LogP contribution in [0.25, 0.3) is 0 Å². The average molecular weight is 406 g/mol. The first-order chi connectivity index (χ1) is 11.7. The first-order valence-corrected chi connectivity index (χ1v) is 11.4. The standard InChI is InChI=1S/C14H15FN2O5S3/c15-11-4-2-1-3-9(11)5-10-6-16-14(23-10)17-25(21,22)13-8-24(19,20)7-12(13)18/h1-4,6,12-13,18H,5,7-8H2,(H,16,17). The van der Waals surface area contributed by atoms with E-state index in [2.05, 4.69) is 9.71 Å². The molecule has 1 aromatic heterocycles. The van der Waals surface area contributed by atoms with Crippen LogP contribution in [0.4, 0.5) is 9.52 Å². The van der Waals surface area contributed by atoms with E-state index in [-0.39, 0.29) is 17.4 Å². The van der Waals surface area contributed by atoms with Gasteiger partial charge in [0.2, 0.25) is 10.0 Å². The highest BCUT2D eigenvalue weighted by atomic mass is 32.2. The Labute approximate surface area is 148 Å². The highest BCUT2D eigenvalue weighted by molar-refractivity contribution is 7.97. The first kappa shape index (κ1) is 18.2. The summed E-state index contributed by atoms with van der Waals surface area (Å²) in [6.45, 7) is 0. The lowest BCUT2D eigenvalue weighted by molar-refractivity contribution is 0.204. The van der Waals surface area contributed by atoms with Crippen molar-refractivity contribution >= 4 is 36.3 Å². The van der Waals surface area contributed by atoms with Crippen molar-refractivity contribution in [3.05, 3.63) is 46.7 Å². The van der Waals surface area contributed by atoms with Crippen LogP contribution in [-0.2, 0) is 26.3 Å². The van der Waals surface area contributed by atoms with Crippen LogP contribution < -0.4 is 4.72 Å². The van der Waals surface area contributed by atoms with Gasteiger partial charge in [-0.15, -0.1) is 11.3 Å². The Morgan fingerprint density at radius 2 is 2.04 bits per heavy atom. The summed E-state index contributed by atoms with van der Waals surface area (Å²) in [5.74, 6) is -1.57. The molecule has 1 aromatic carbocycles. The number of aliphatic hydroxyl groups excluding tert-OH is 1. The molecule has 2 unspecified atom stereocenters. The second-order valence-electron chi connectivity index (χ2n) is 5.73. The van der Waals surface area contributed by atoms with Gasteiger partial charge in [0.25, 0.3) is 0 Å². The lowest BCUT2D eigenvalue weighted by Crippen LogP contribution is -2.36. The molecule has 2 aromatic rings. The van der Waals surface area contributed by atoms with Crippen molar-refractivity contribution in [2.24, 2.45) is 0 Å². The molecule has 1 aliphatic rings. The SMILES string of the molecule is O=S1(=O)CC(O)C(S(=O)(=O)Nc2ncc(Cc3ccccc3F)s2)C1. The molecule has 1 aliphatic heterocycles. The summed E-state index contributed by atoms with van der Waals surface area (Å²) < 4.78 is 63.4. The lowest BCUT2D eigenvalue weighted by Gasteiger charge is -2.13. The molecular weight excluding hydrogens is 391 g/mol. The number of aliphatic hydroxyl groups is 1. The minimum absolute atomic E-state index is 0.0443. The number of rotatable bonds is 5. The van der Waals surface area contributed by atoms with Crippen LogP contribution in [0, 0.1) is 5.82 Å². The van der Waals surface area contributed by atoms with E-state index in [9.17, 15) is 26.3 Å². The Morgan fingerprint density at radius 3 is 2.68 bits per heavy atom. The summed E-state index contributed by atoms with van der Waals surface area (Å²) in [7, 11) is -7.69. The van der Waals surface area contributed by atoms with Gasteiger partial charge in [0.1, 0.15) is 11.1 Å². The van der Waals surface area contributed by atoms with Crippen LogP contribution >= 0.6 is 11.3 Å². The quantitative estimate of drug-likeness (QED) is 0.758.